The number of nitrogen functional groups attached to an aromatic ring is 4. The number of aromatic amines is 5. The molecule has 127 heavy (non-hydrogen) atoms. The standard InChI is InChI=1S/C10H11N5O2.C10H11N5O.C9H12N4O.3C9H11N3O.C8H11N5O.C8H11N5.C7H10N6O/c1-5(2)15-4-11-7-8(15)13-10-12-6(16)3-14(10)9(7)17;1-6(2)15-5-12-7-8(15)13-10-11-3-4-14(10)9(7)16;1-5(2)13-4-11-8-6(13)3-7(10)12-9(8)14;1-7(2)11-5-3-8(13)12-6-4-10-9(11)12;1-7(2)11-5-3-8(13)9-10-4-6-12(9)11;1-6(2)12-5-11-8-7(12)3-4-10-9(8)13;1-4(2)13-3-10-5-6(13)11-8(9)12-7(5)14;1-5(2)13-4-12-6-7(9)10-3-11-8(6)13;1-3(2)13-5-4(11-12-13)6(14)10-7(8)9-5/h4-5H,3H2,1-2H3,(H,12,13,16);3-6H,1-2H3,(H,11,13);3-5H,1-2H3,(H3,10,12,14);2*3-7H,1-2H3;3-6H,1-2H3,(H,10,13);3-4H,1-2H3,(H3,9,11,12,14);3-5H,1-2H3,(H2,9,10,11);3H,1-2H3,(H3,8,9,10,14). The number of H-pyrrole nitrogens is 5. The maximum Gasteiger partial charge on any atom is 0.287 e. The molecule has 1 amide bonds. The minimum atomic E-state index is -0.362. The number of rotatable bonds is 9. The fourth-order valence-electron chi connectivity index (χ4n) is 13.1. The van der Waals surface area contributed by atoms with Crippen LogP contribution < -0.4 is 72.6 Å². The average Bonchev–Trinajstić information content (AvgIpc) is 1.61. The molecule has 0 aliphatic carbocycles. The predicted octanol–water partition coefficient (Wildman–Crippen LogP) is 6.38. The van der Waals surface area contributed by atoms with Crippen molar-refractivity contribution in [2.45, 2.75) is 186 Å². The number of amides is 1. The number of nitrogens with one attached hydrogen (secondary N) is 6. The third-order valence-corrected chi connectivity index (χ3v) is 19.5. The summed E-state index contributed by atoms with van der Waals surface area (Å²) in [6.07, 6.45) is 26.6. The van der Waals surface area contributed by atoms with E-state index >= 15 is 0 Å². The largest absolute Gasteiger partial charge is 0.385 e. The first-order valence-corrected chi connectivity index (χ1v) is 40.3. The minimum absolute atomic E-state index is 0.0195. The van der Waals surface area contributed by atoms with E-state index in [1.165, 1.54) is 15.3 Å². The summed E-state index contributed by atoms with van der Waals surface area (Å²) < 4.78 is 23.0. The summed E-state index contributed by atoms with van der Waals surface area (Å²) >= 11 is 0. The number of carbonyl (C=O) groups is 1. The van der Waals surface area contributed by atoms with Crippen molar-refractivity contribution in [2.75, 3.05) is 28.3 Å². The van der Waals surface area contributed by atoms with Crippen LogP contribution in [0.1, 0.15) is 179 Å². The number of anilines is 5. The fraction of sp³-hybridized carbons (Fsp3) is 0.354. The number of aromatic nitrogens is 34. The van der Waals surface area contributed by atoms with Crippen LogP contribution in [0, 0.1) is 0 Å². The third-order valence-electron chi connectivity index (χ3n) is 19.5. The number of nitrogens with zero attached hydrogens (tertiary/aromatic N) is 29. The van der Waals surface area contributed by atoms with Crippen LogP contribution >= 0.6 is 0 Å². The number of hydrogen-bond acceptors (Lipinski definition) is 29. The van der Waals surface area contributed by atoms with Gasteiger partial charge in [-0.05, 0) is 131 Å². The van der Waals surface area contributed by atoms with E-state index in [9.17, 15) is 43.2 Å². The molecule has 0 saturated carbocycles. The monoisotopic (exact) mass is 1740 g/mol. The third kappa shape index (κ3) is 19.0. The second-order valence-corrected chi connectivity index (χ2v) is 31.4. The van der Waals surface area contributed by atoms with Gasteiger partial charge in [0, 0.05) is 122 Å². The van der Waals surface area contributed by atoms with E-state index in [0.717, 1.165) is 22.3 Å². The highest BCUT2D eigenvalue weighted by Gasteiger charge is 2.25. The first-order valence-electron chi connectivity index (χ1n) is 40.3. The molecule has 0 spiro atoms. The van der Waals surface area contributed by atoms with Crippen LogP contribution in [-0.4, -0.2) is 170 Å². The van der Waals surface area contributed by atoms with Crippen molar-refractivity contribution in [3.63, 3.8) is 0 Å². The van der Waals surface area contributed by atoms with Gasteiger partial charge in [0.05, 0.1) is 55.0 Å². The van der Waals surface area contributed by atoms with E-state index in [2.05, 4.69) is 166 Å². The van der Waals surface area contributed by atoms with Crippen molar-refractivity contribution in [2.24, 2.45) is 0 Å². The molecule has 20 rings (SSSR count). The maximum absolute atomic E-state index is 12.1. The van der Waals surface area contributed by atoms with Gasteiger partial charge in [0.15, 0.2) is 67.2 Å². The van der Waals surface area contributed by atoms with E-state index in [4.69, 9.17) is 22.9 Å². The highest BCUT2D eigenvalue weighted by molar-refractivity contribution is 5.93. The molecular weight excluding hydrogens is 1640 g/mol. The molecule has 48 nitrogen and oxygen atoms in total. The number of carbonyl (C=O) groups excluding carboxylic acids is 1. The topological polar surface area (TPSA) is 617 Å². The van der Waals surface area contributed by atoms with Gasteiger partial charge in [-0.3, -0.25) is 72.1 Å². The molecule has 19 aromatic rings. The Morgan fingerprint density at radius 3 is 1.55 bits per heavy atom. The van der Waals surface area contributed by atoms with Crippen molar-refractivity contribution in [1.29, 1.82) is 0 Å². The van der Waals surface area contributed by atoms with Crippen LogP contribution in [0.2, 0.25) is 0 Å². The molecule has 1 aliphatic heterocycles. The zero-order valence-electron chi connectivity index (χ0n) is 72.9. The van der Waals surface area contributed by atoms with Crippen LogP contribution in [0.15, 0.2) is 163 Å². The number of nitrogens with two attached hydrogens (primary N) is 4. The molecule has 664 valence electrons. The second kappa shape index (κ2) is 37.6. The van der Waals surface area contributed by atoms with Gasteiger partial charge >= 0.3 is 0 Å². The molecule has 14 N–H and O–H groups in total. The van der Waals surface area contributed by atoms with Crippen LogP contribution in [0.3, 0.4) is 0 Å². The minimum Gasteiger partial charge on any atom is -0.385 e. The lowest BCUT2D eigenvalue weighted by atomic mass is 10.3. The lowest BCUT2D eigenvalue weighted by Crippen LogP contribution is -2.20. The van der Waals surface area contributed by atoms with Gasteiger partial charge in [-0.15, -0.1) is 5.10 Å². The molecular formula is C79H99N39O9. The number of pyridine rings is 2. The van der Waals surface area contributed by atoms with Gasteiger partial charge in [-0.2, -0.15) is 15.0 Å². The molecule has 19 aromatic heterocycles. The van der Waals surface area contributed by atoms with Crippen LogP contribution in [0.25, 0.3) is 95.1 Å². The van der Waals surface area contributed by atoms with Crippen molar-refractivity contribution >= 4 is 130 Å². The predicted molar refractivity (Wildman–Crippen MR) is 480 cm³/mol. The Kier molecular flexibility index (Phi) is 26.7. The summed E-state index contributed by atoms with van der Waals surface area (Å²) in [7, 11) is 0. The number of fused-ring (bicyclic) bond motifs is 11. The lowest BCUT2D eigenvalue weighted by molar-refractivity contribution is -0.115. The first-order chi connectivity index (χ1) is 60.3. The zero-order chi connectivity index (χ0) is 92.0. The molecule has 0 bridgehead atoms. The molecule has 0 radical (unpaired) electrons. The Balaban J connectivity index is 0.000000130. The van der Waals surface area contributed by atoms with E-state index in [0.29, 0.717) is 109 Å². The Labute approximate surface area is 717 Å². The lowest BCUT2D eigenvalue weighted by Gasteiger charge is -2.12. The summed E-state index contributed by atoms with van der Waals surface area (Å²) in [5, 5.41) is 10.1. The average molecular weight is 1740 g/mol. The van der Waals surface area contributed by atoms with Crippen molar-refractivity contribution in [1.82, 2.24) is 164 Å². The fourth-order valence-corrected chi connectivity index (χ4v) is 13.1. The quantitative estimate of drug-likeness (QED) is 0.0749. The highest BCUT2D eigenvalue weighted by Crippen LogP contribution is 2.22. The summed E-state index contributed by atoms with van der Waals surface area (Å²) in [5.74, 6) is 2.31. The second-order valence-electron chi connectivity index (χ2n) is 31.4. The molecule has 0 unspecified atom stereocenters. The van der Waals surface area contributed by atoms with E-state index in [-0.39, 0.29) is 104 Å². The SMILES string of the molecule is CC(C)n1ccc(=O)c2nccn21.CC(C)n1ccc(=O)n2ccnc12.CC(C)n1cnc2c(=O)[nH]c(N)cc21.CC(C)n1cnc2c(=O)[nH]c(N)nc21.CC(C)n1cnc2c(=O)[nH]ccc21.CC(C)n1cnc2c(=O)n3c(nc21)NC(=O)C3.CC(C)n1cnc2c(=O)n3ccnc3[nH]c21.CC(C)n1cnc2c(N)ncnc21.CC(C)n1nnc2c(=O)[nH]c(N)nc21. The molecule has 48 heteroatoms. The summed E-state index contributed by atoms with van der Waals surface area (Å²) in [6.45, 7) is 36.4. The Morgan fingerprint density at radius 1 is 0.394 bits per heavy atom. The molecule has 0 saturated heterocycles. The smallest absolute Gasteiger partial charge is 0.287 e. The number of imidazole rings is 9. The zero-order valence-corrected chi connectivity index (χ0v) is 72.9. The van der Waals surface area contributed by atoms with Gasteiger partial charge < -0.3 is 69.9 Å². The Morgan fingerprint density at radius 2 is 0.921 bits per heavy atom. The van der Waals surface area contributed by atoms with Gasteiger partial charge in [-0.1, -0.05) is 5.21 Å². The van der Waals surface area contributed by atoms with E-state index < -0.39 is 0 Å². The molecule has 20 heterocycles. The van der Waals surface area contributed by atoms with Crippen molar-refractivity contribution in [3.05, 3.63) is 207 Å². The highest BCUT2D eigenvalue weighted by atomic mass is 16.2. The van der Waals surface area contributed by atoms with Gasteiger partial charge in [-0.25, -0.2) is 68.4 Å². The molecule has 0 fully saturated rings. The van der Waals surface area contributed by atoms with E-state index in [1.807, 2.05) is 107 Å². The van der Waals surface area contributed by atoms with Crippen LogP contribution in [0.4, 0.5) is 29.5 Å². The van der Waals surface area contributed by atoms with Gasteiger partial charge in [0.1, 0.15) is 29.9 Å². The maximum atomic E-state index is 12.1. The molecule has 1 aliphatic rings. The van der Waals surface area contributed by atoms with Gasteiger partial charge in [0.25, 0.3) is 38.9 Å². The summed E-state index contributed by atoms with van der Waals surface area (Å²) in [6, 6.07) is 8.94. The molecule has 0 aromatic carbocycles. The Hall–Kier alpha value is -16.2. The number of hydrogen-bond donors (Lipinski definition) is 10. The normalized spacial score (nSPS) is 11.8. The van der Waals surface area contributed by atoms with Gasteiger partial charge in [0.2, 0.25) is 40.7 Å². The van der Waals surface area contributed by atoms with E-state index in [1.54, 1.807) is 130 Å². The first kappa shape index (κ1) is 90.0. The van der Waals surface area contributed by atoms with Crippen molar-refractivity contribution < 1.29 is 4.79 Å². The summed E-state index contributed by atoms with van der Waals surface area (Å²) in [5.41, 5.74) is 28.6. The molecule has 0 atom stereocenters. The summed E-state index contributed by atoms with van der Waals surface area (Å²) in [4.78, 5) is 173. The van der Waals surface area contributed by atoms with Crippen LogP contribution in [0.5, 0.6) is 0 Å². The van der Waals surface area contributed by atoms with Crippen molar-refractivity contribution in [3.8, 4) is 0 Å². The van der Waals surface area contributed by atoms with Crippen LogP contribution in [-0.2, 0) is 11.3 Å². The Bertz CT molecular complexity index is 7350.